The van der Waals surface area contributed by atoms with Gasteiger partial charge in [-0.1, -0.05) is 48.5 Å². The maximum absolute atomic E-state index is 9.00. The Balaban J connectivity index is 2.14. The lowest BCUT2D eigenvalue weighted by Crippen LogP contribution is -2.04. The van der Waals surface area contributed by atoms with E-state index in [0.717, 1.165) is 24.2 Å². The van der Waals surface area contributed by atoms with Gasteiger partial charge in [-0.05, 0) is 25.0 Å². The van der Waals surface area contributed by atoms with E-state index in [4.69, 9.17) is 10.4 Å². The van der Waals surface area contributed by atoms with Crippen molar-refractivity contribution in [2.24, 2.45) is 0 Å². The second-order valence-electron chi connectivity index (χ2n) is 5.38. The molecule has 1 heterocycles. The highest BCUT2D eigenvalue weighted by molar-refractivity contribution is 5.83. The summed E-state index contributed by atoms with van der Waals surface area (Å²) >= 11 is 0. The number of hydrogen-bond acceptors (Lipinski definition) is 2. The van der Waals surface area contributed by atoms with Gasteiger partial charge in [-0.3, -0.25) is 4.68 Å². The quantitative estimate of drug-likeness (QED) is 0.694. The van der Waals surface area contributed by atoms with E-state index in [1.54, 1.807) is 0 Å². The van der Waals surface area contributed by atoms with Gasteiger partial charge in [-0.25, -0.2) is 0 Å². The third-order valence-corrected chi connectivity index (χ3v) is 4.06. The molecule has 0 aliphatic rings. The summed E-state index contributed by atoms with van der Waals surface area (Å²) < 4.78 is 2.05. The van der Waals surface area contributed by atoms with Crippen LogP contribution in [0.1, 0.15) is 36.9 Å². The van der Waals surface area contributed by atoms with E-state index < -0.39 is 0 Å². The largest absolute Gasteiger partial charge is 0.265 e. The molecule has 0 saturated heterocycles. The number of nitriles is 1. The number of aryl methyl sites for hydroxylation is 1. The van der Waals surface area contributed by atoms with Gasteiger partial charge < -0.3 is 0 Å². The fraction of sp³-hybridized carbons (Fsp3) is 0.263. The molecule has 0 saturated carbocycles. The maximum atomic E-state index is 9.00. The van der Waals surface area contributed by atoms with E-state index in [0.29, 0.717) is 6.42 Å². The van der Waals surface area contributed by atoms with Crippen LogP contribution in [-0.4, -0.2) is 9.78 Å². The molecule has 1 unspecified atom stereocenters. The second-order valence-corrected chi connectivity index (χ2v) is 5.38. The SMILES string of the molecule is CCn1nc(C(CCC#N)c2ccccc2)c2ccccc21. The lowest BCUT2D eigenvalue weighted by Gasteiger charge is -2.14. The van der Waals surface area contributed by atoms with Crippen molar-refractivity contribution in [1.82, 2.24) is 9.78 Å². The van der Waals surface area contributed by atoms with Crippen molar-refractivity contribution in [3.63, 3.8) is 0 Å². The highest BCUT2D eigenvalue weighted by atomic mass is 15.3. The van der Waals surface area contributed by atoms with Crippen molar-refractivity contribution >= 4 is 10.9 Å². The van der Waals surface area contributed by atoms with E-state index in [2.05, 4.69) is 43.3 Å². The molecular weight excluding hydrogens is 270 g/mol. The molecule has 0 bridgehead atoms. The van der Waals surface area contributed by atoms with Gasteiger partial charge in [-0.15, -0.1) is 0 Å². The van der Waals surface area contributed by atoms with Crippen LogP contribution in [0.25, 0.3) is 10.9 Å². The third-order valence-electron chi connectivity index (χ3n) is 4.06. The molecule has 0 radical (unpaired) electrons. The van der Waals surface area contributed by atoms with Gasteiger partial charge >= 0.3 is 0 Å². The minimum atomic E-state index is 0.165. The van der Waals surface area contributed by atoms with Crippen LogP contribution in [0.3, 0.4) is 0 Å². The molecule has 0 amide bonds. The Kier molecular flexibility index (Phi) is 4.20. The molecule has 0 N–H and O–H groups in total. The first-order valence-electron chi connectivity index (χ1n) is 7.72. The predicted molar refractivity (Wildman–Crippen MR) is 88.5 cm³/mol. The zero-order chi connectivity index (χ0) is 15.4. The molecule has 0 spiro atoms. The number of hydrogen-bond donors (Lipinski definition) is 0. The second kappa shape index (κ2) is 6.44. The first-order valence-corrected chi connectivity index (χ1v) is 7.72. The monoisotopic (exact) mass is 289 g/mol. The Labute approximate surface area is 130 Å². The summed E-state index contributed by atoms with van der Waals surface area (Å²) in [7, 11) is 0. The topological polar surface area (TPSA) is 41.6 Å². The number of aromatic nitrogens is 2. The summed E-state index contributed by atoms with van der Waals surface area (Å²) in [6.45, 7) is 2.95. The molecule has 0 aliphatic carbocycles. The van der Waals surface area contributed by atoms with Crippen LogP contribution in [0.2, 0.25) is 0 Å². The van der Waals surface area contributed by atoms with Crippen molar-refractivity contribution in [2.75, 3.05) is 0 Å². The molecular formula is C19H19N3. The van der Waals surface area contributed by atoms with E-state index in [1.807, 2.05) is 28.9 Å². The minimum absolute atomic E-state index is 0.165. The van der Waals surface area contributed by atoms with E-state index in [9.17, 15) is 0 Å². The van der Waals surface area contributed by atoms with Crippen LogP contribution in [-0.2, 0) is 6.54 Å². The number of rotatable bonds is 5. The summed E-state index contributed by atoms with van der Waals surface area (Å²) in [6, 6.07) is 21.0. The van der Waals surface area contributed by atoms with E-state index in [-0.39, 0.29) is 5.92 Å². The molecule has 3 rings (SSSR count). The normalized spacial score (nSPS) is 12.2. The molecule has 0 fully saturated rings. The third kappa shape index (κ3) is 2.60. The predicted octanol–water partition coefficient (Wildman–Crippen LogP) is 4.49. The van der Waals surface area contributed by atoms with Crippen LogP contribution >= 0.6 is 0 Å². The highest BCUT2D eigenvalue weighted by Gasteiger charge is 2.20. The van der Waals surface area contributed by atoms with Gasteiger partial charge in [0.05, 0.1) is 17.3 Å². The zero-order valence-corrected chi connectivity index (χ0v) is 12.7. The molecule has 3 aromatic rings. The summed E-state index contributed by atoms with van der Waals surface area (Å²) in [6.07, 6.45) is 1.33. The van der Waals surface area contributed by atoms with Crippen LogP contribution in [0.15, 0.2) is 54.6 Å². The lowest BCUT2D eigenvalue weighted by atomic mass is 9.90. The zero-order valence-electron chi connectivity index (χ0n) is 12.7. The molecule has 110 valence electrons. The Morgan fingerprint density at radius 2 is 1.82 bits per heavy atom. The number of nitrogens with zero attached hydrogens (tertiary/aromatic N) is 3. The van der Waals surface area contributed by atoms with Crippen molar-refractivity contribution < 1.29 is 0 Å². The maximum Gasteiger partial charge on any atom is 0.0778 e. The van der Waals surface area contributed by atoms with Gasteiger partial charge in [0.2, 0.25) is 0 Å². The number of benzene rings is 2. The van der Waals surface area contributed by atoms with Gasteiger partial charge in [0.15, 0.2) is 0 Å². The first kappa shape index (κ1) is 14.3. The Morgan fingerprint density at radius 1 is 1.09 bits per heavy atom. The number of para-hydroxylation sites is 1. The molecule has 3 heteroatoms. The van der Waals surface area contributed by atoms with Gasteiger partial charge in [0.25, 0.3) is 0 Å². The van der Waals surface area contributed by atoms with E-state index >= 15 is 0 Å². The highest BCUT2D eigenvalue weighted by Crippen LogP contribution is 2.33. The van der Waals surface area contributed by atoms with Crippen LogP contribution in [0, 0.1) is 11.3 Å². The lowest BCUT2D eigenvalue weighted by molar-refractivity contribution is 0.636. The average molecular weight is 289 g/mol. The molecule has 0 aliphatic heterocycles. The Hall–Kier alpha value is -2.60. The van der Waals surface area contributed by atoms with Crippen LogP contribution < -0.4 is 0 Å². The van der Waals surface area contributed by atoms with Crippen LogP contribution in [0.4, 0.5) is 0 Å². The van der Waals surface area contributed by atoms with Crippen molar-refractivity contribution in [3.05, 3.63) is 65.9 Å². The summed E-state index contributed by atoms with van der Waals surface area (Å²) in [5.41, 5.74) is 3.47. The molecule has 2 aromatic carbocycles. The fourth-order valence-corrected chi connectivity index (χ4v) is 3.01. The fourth-order valence-electron chi connectivity index (χ4n) is 3.01. The van der Waals surface area contributed by atoms with Gasteiger partial charge in [0, 0.05) is 24.3 Å². The summed E-state index contributed by atoms with van der Waals surface area (Å²) in [5, 5.41) is 15.0. The first-order chi connectivity index (χ1) is 10.8. The molecule has 22 heavy (non-hydrogen) atoms. The molecule has 1 atom stereocenters. The summed E-state index contributed by atoms with van der Waals surface area (Å²) in [5.74, 6) is 0.165. The average Bonchev–Trinajstić information content (AvgIpc) is 2.95. The van der Waals surface area contributed by atoms with Crippen molar-refractivity contribution in [1.29, 1.82) is 5.26 Å². The smallest absolute Gasteiger partial charge is 0.0778 e. The van der Waals surface area contributed by atoms with Crippen LogP contribution in [0.5, 0.6) is 0 Å². The summed E-state index contributed by atoms with van der Waals surface area (Å²) in [4.78, 5) is 0. The van der Waals surface area contributed by atoms with Crippen molar-refractivity contribution in [2.45, 2.75) is 32.2 Å². The number of fused-ring (bicyclic) bond motifs is 1. The molecule has 1 aromatic heterocycles. The van der Waals surface area contributed by atoms with E-state index in [1.165, 1.54) is 10.9 Å². The minimum Gasteiger partial charge on any atom is -0.265 e. The molecule has 3 nitrogen and oxygen atoms in total. The van der Waals surface area contributed by atoms with Crippen molar-refractivity contribution in [3.8, 4) is 6.07 Å². The standard InChI is InChI=1S/C19H19N3/c1-2-22-18-13-7-6-11-17(18)19(21-22)16(12-8-14-20)15-9-4-3-5-10-15/h3-7,9-11,13,16H,2,8,12H2,1H3. The van der Waals surface area contributed by atoms with Gasteiger partial charge in [0.1, 0.15) is 0 Å². The van der Waals surface area contributed by atoms with Gasteiger partial charge in [-0.2, -0.15) is 10.4 Å². The Bertz CT molecular complexity index is 796. The Morgan fingerprint density at radius 3 is 2.55 bits per heavy atom.